The number of piperazine rings is 1. The van der Waals surface area contributed by atoms with Crippen LogP contribution in [0.2, 0.25) is 0 Å². The van der Waals surface area contributed by atoms with Crippen LogP contribution in [0.15, 0.2) is 109 Å². The van der Waals surface area contributed by atoms with E-state index >= 15 is 0 Å². The first-order chi connectivity index (χ1) is 20.0. The zero-order valence-electron chi connectivity index (χ0n) is 22.3. The Kier molecular flexibility index (Phi) is 6.95. The normalized spacial score (nSPS) is 15.9. The highest BCUT2D eigenvalue weighted by atomic mass is 16.2. The Morgan fingerprint density at radius 3 is 1.66 bits per heavy atom. The van der Waals surface area contributed by atoms with Gasteiger partial charge in [-0.3, -0.25) is 14.6 Å². The minimum atomic E-state index is -1.01. The monoisotopic (exact) mass is 543 g/mol. The molecule has 4 aromatic rings. The summed E-state index contributed by atoms with van der Waals surface area (Å²) in [6.07, 6.45) is 3.96. The van der Waals surface area contributed by atoms with Crippen LogP contribution in [0.4, 0.5) is 32.3 Å². The second-order valence-electron chi connectivity index (χ2n) is 9.92. The summed E-state index contributed by atoms with van der Waals surface area (Å²) in [6.45, 7) is 0.356. The number of amides is 5. The summed E-state index contributed by atoms with van der Waals surface area (Å²) in [5.41, 5.74) is 10.5. The lowest BCUT2D eigenvalue weighted by molar-refractivity contribution is -0.123. The highest BCUT2D eigenvalue weighted by molar-refractivity contribution is 6.07. The van der Waals surface area contributed by atoms with Crippen LogP contribution in [-0.2, 0) is 4.79 Å². The molecule has 0 saturated carbocycles. The number of nitrogens with two attached hydrogens (primary N) is 1. The number of benzene rings is 4. The number of primary amides is 1. The van der Waals surface area contributed by atoms with Gasteiger partial charge in [0.25, 0.3) is 0 Å². The van der Waals surface area contributed by atoms with Gasteiger partial charge < -0.3 is 15.5 Å². The summed E-state index contributed by atoms with van der Waals surface area (Å²) >= 11 is 0. The van der Waals surface area contributed by atoms with Crippen molar-refractivity contribution < 1.29 is 14.4 Å². The molecule has 2 aliphatic rings. The lowest BCUT2D eigenvalue weighted by Gasteiger charge is -2.43. The molecular weight excluding hydrogens is 514 g/mol. The molecule has 1 fully saturated rings. The minimum Gasteiger partial charge on any atom is -0.368 e. The van der Waals surface area contributed by atoms with E-state index < -0.39 is 11.9 Å². The lowest BCUT2D eigenvalue weighted by atomic mass is 10.1. The van der Waals surface area contributed by atoms with E-state index in [2.05, 4.69) is 0 Å². The number of carbonyl (C=O) groups is 3. The van der Waals surface area contributed by atoms with Crippen molar-refractivity contribution in [3.05, 3.63) is 120 Å². The molecule has 0 aromatic heterocycles. The van der Waals surface area contributed by atoms with Crippen LogP contribution in [0.25, 0.3) is 12.2 Å². The van der Waals surface area contributed by atoms with E-state index in [-0.39, 0.29) is 31.7 Å². The molecule has 0 aliphatic carbocycles. The number of carbonyl (C=O) groups excluding carboxylic acids is 3. The van der Waals surface area contributed by atoms with Gasteiger partial charge in [0.15, 0.2) is 0 Å². The van der Waals surface area contributed by atoms with Gasteiger partial charge in [-0.05, 0) is 47.5 Å². The van der Waals surface area contributed by atoms with Crippen LogP contribution in [0.5, 0.6) is 0 Å². The second-order valence-corrected chi connectivity index (χ2v) is 9.92. The van der Waals surface area contributed by atoms with Crippen LogP contribution >= 0.6 is 0 Å². The Bertz CT molecular complexity index is 1530. The SMILES string of the molecule is NC(=O)[C@@H]1CN(C(=O)N(c2ccccc2)c2ccccc2)CCN1C(=O)N1c2ccccc2C=Cc2ccccc21. The average molecular weight is 544 g/mol. The maximum Gasteiger partial charge on any atom is 0.329 e. The third kappa shape index (κ3) is 4.91. The van der Waals surface area contributed by atoms with E-state index in [0.29, 0.717) is 22.7 Å². The summed E-state index contributed by atoms with van der Waals surface area (Å²) in [5, 5.41) is 0. The van der Waals surface area contributed by atoms with Crippen molar-refractivity contribution >= 4 is 52.9 Å². The molecule has 6 rings (SSSR count). The van der Waals surface area contributed by atoms with Crippen molar-refractivity contribution in [1.29, 1.82) is 0 Å². The lowest BCUT2D eigenvalue weighted by Crippen LogP contribution is -2.63. The molecule has 0 spiro atoms. The molecular formula is C33H29N5O3. The fourth-order valence-corrected chi connectivity index (χ4v) is 5.40. The molecule has 0 bridgehead atoms. The third-order valence-corrected chi connectivity index (χ3v) is 7.43. The molecule has 8 heteroatoms. The number of fused-ring (bicyclic) bond motifs is 2. The zero-order valence-corrected chi connectivity index (χ0v) is 22.3. The van der Waals surface area contributed by atoms with Gasteiger partial charge in [-0.1, -0.05) is 84.9 Å². The minimum absolute atomic E-state index is 0.0224. The number of para-hydroxylation sites is 4. The van der Waals surface area contributed by atoms with Gasteiger partial charge in [-0.15, -0.1) is 0 Å². The van der Waals surface area contributed by atoms with Gasteiger partial charge in [0.2, 0.25) is 5.91 Å². The molecule has 8 nitrogen and oxygen atoms in total. The van der Waals surface area contributed by atoms with E-state index in [1.54, 1.807) is 14.7 Å². The Morgan fingerprint density at radius 1 is 0.659 bits per heavy atom. The smallest absolute Gasteiger partial charge is 0.329 e. The molecule has 204 valence electrons. The van der Waals surface area contributed by atoms with Crippen LogP contribution in [0.1, 0.15) is 11.1 Å². The van der Waals surface area contributed by atoms with Gasteiger partial charge >= 0.3 is 12.1 Å². The van der Waals surface area contributed by atoms with Crippen molar-refractivity contribution in [1.82, 2.24) is 9.80 Å². The Morgan fingerprint density at radius 2 is 1.15 bits per heavy atom. The van der Waals surface area contributed by atoms with Crippen LogP contribution in [0, 0.1) is 0 Å². The Labute approximate surface area is 238 Å². The summed E-state index contributed by atoms with van der Waals surface area (Å²) in [7, 11) is 0. The molecule has 41 heavy (non-hydrogen) atoms. The van der Waals surface area contributed by atoms with Crippen molar-refractivity contribution in [3.63, 3.8) is 0 Å². The summed E-state index contributed by atoms with van der Waals surface area (Å²) in [4.78, 5) is 47.5. The predicted octanol–water partition coefficient (Wildman–Crippen LogP) is 5.86. The van der Waals surface area contributed by atoms with Crippen molar-refractivity contribution in [2.45, 2.75) is 6.04 Å². The molecule has 2 N–H and O–H groups in total. The van der Waals surface area contributed by atoms with Gasteiger partial charge in [0.1, 0.15) is 6.04 Å². The van der Waals surface area contributed by atoms with Crippen LogP contribution < -0.4 is 15.5 Å². The fourth-order valence-electron chi connectivity index (χ4n) is 5.40. The van der Waals surface area contributed by atoms with Crippen molar-refractivity contribution in [2.75, 3.05) is 29.4 Å². The maximum absolute atomic E-state index is 14.3. The first-order valence-electron chi connectivity index (χ1n) is 13.5. The molecule has 1 atom stereocenters. The van der Waals surface area contributed by atoms with Gasteiger partial charge in [-0.2, -0.15) is 0 Å². The molecule has 0 radical (unpaired) electrons. The topological polar surface area (TPSA) is 90.2 Å². The highest BCUT2D eigenvalue weighted by Gasteiger charge is 2.40. The summed E-state index contributed by atoms with van der Waals surface area (Å²) in [6, 6.07) is 32.3. The molecule has 2 heterocycles. The second kappa shape index (κ2) is 11.0. The Hall–Kier alpha value is -5.37. The Balaban J connectivity index is 1.32. The molecule has 0 unspecified atom stereocenters. The highest BCUT2D eigenvalue weighted by Crippen LogP contribution is 2.37. The predicted molar refractivity (Wildman–Crippen MR) is 161 cm³/mol. The number of anilines is 4. The largest absolute Gasteiger partial charge is 0.368 e. The quantitative estimate of drug-likeness (QED) is 0.351. The number of hydrogen-bond donors (Lipinski definition) is 1. The fraction of sp³-hybridized carbons (Fsp3) is 0.121. The number of urea groups is 2. The van der Waals surface area contributed by atoms with E-state index in [1.807, 2.05) is 121 Å². The third-order valence-electron chi connectivity index (χ3n) is 7.43. The maximum atomic E-state index is 14.3. The van der Waals surface area contributed by atoms with Gasteiger partial charge in [0.05, 0.1) is 29.3 Å². The van der Waals surface area contributed by atoms with E-state index in [4.69, 9.17) is 5.73 Å². The standard InChI is InChI=1S/C33H29N5O3/c34-31(39)30-23-35(32(40)37(26-13-3-1-4-14-26)27-15-5-2-6-16-27)21-22-36(30)33(41)38-28-17-9-7-11-24(28)19-20-25-12-8-10-18-29(25)38/h1-20,30H,21-23H2,(H2,34,39)/t30-/m0/s1. The number of rotatable bonds is 3. The van der Waals surface area contributed by atoms with Crippen LogP contribution in [-0.4, -0.2) is 53.4 Å². The van der Waals surface area contributed by atoms with Gasteiger partial charge in [-0.25, -0.2) is 9.59 Å². The first kappa shape index (κ1) is 25.9. The molecule has 1 saturated heterocycles. The van der Waals surface area contributed by atoms with E-state index in [9.17, 15) is 14.4 Å². The van der Waals surface area contributed by atoms with Crippen molar-refractivity contribution in [3.8, 4) is 0 Å². The molecule has 2 aliphatic heterocycles. The zero-order chi connectivity index (χ0) is 28.3. The average Bonchev–Trinajstić information content (AvgIpc) is 3.18. The van der Waals surface area contributed by atoms with E-state index in [1.165, 1.54) is 4.90 Å². The summed E-state index contributed by atoms with van der Waals surface area (Å²) in [5.74, 6) is -0.670. The first-order valence-corrected chi connectivity index (χ1v) is 13.5. The van der Waals surface area contributed by atoms with Crippen molar-refractivity contribution in [2.24, 2.45) is 5.73 Å². The van der Waals surface area contributed by atoms with E-state index in [0.717, 1.165) is 11.1 Å². The number of hydrogen-bond acceptors (Lipinski definition) is 3. The molecule has 5 amide bonds. The molecule has 4 aromatic carbocycles. The van der Waals surface area contributed by atoms with Gasteiger partial charge in [0, 0.05) is 13.1 Å². The van der Waals surface area contributed by atoms with Crippen LogP contribution in [0.3, 0.4) is 0 Å². The number of nitrogens with zero attached hydrogens (tertiary/aromatic N) is 4. The summed E-state index contributed by atoms with van der Waals surface area (Å²) < 4.78 is 0.